The molecule has 7 rings (SSSR count). The zero-order valence-corrected chi connectivity index (χ0v) is 27.8. The second-order valence-corrected chi connectivity index (χ2v) is 12.9. The molecule has 0 radical (unpaired) electrons. The van der Waals surface area contributed by atoms with Gasteiger partial charge in [0.25, 0.3) is 11.8 Å². The van der Waals surface area contributed by atoms with Crippen molar-refractivity contribution in [3.8, 4) is 0 Å². The number of aromatic nitrogens is 2. The minimum atomic E-state index is -0.641. The van der Waals surface area contributed by atoms with Gasteiger partial charge in [-0.15, -0.1) is 0 Å². The van der Waals surface area contributed by atoms with E-state index in [1.807, 2.05) is 24.3 Å². The van der Waals surface area contributed by atoms with Crippen LogP contribution in [0.3, 0.4) is 0 Å². The maximum absolute atomic E-state index is 13.9. The summed E-state index contributed by atoms with van der Waals surface area (Å²) in [5.41, 5.74) is 4.85. The van der Waals surface area contributed by atoms with Crippen molar-refractivity contribution in [2.24, 2.45) is 0 Å². The van der Waals surface area contributed by atoms with Gasteiger partial charge in [0.05, 0.1) is 22.3 Å². The zero-order chi connectivity index (χ0) is 34.6. The Morgan fingerprint density at radius 1 is 0.820 bits per heavy atom. The molecule has 2 aliphatic heterocycles. The molecule has 0 unspecified atom stereocenters. The van der Waals surface area contributed by atoms with Crippen molar-refractivity contribution in [1.82, 2.24) is 15.1 Å². The molecule has 0 bridgehead atoms. The van der Waals surface area contributed by atoms with Gasteiger partial charge in [-0.2, -0.15) is 5.10 Å². The van der Waals surface area contributed by atoms with Crippen LogP contribution >= 0.6 is 0 Å². The first kappa shape index (κ1) is 33.2. The van der Waals surface area contributed by atoms with Crippen LogP contribution in [0, 0.1) is 11.6 Å². The molecule has 4 aromatic carbocycles. The number of hydrogen-bond acceptors (Lipinski definition) is 7. The number of nitrogens with one attached hydrogen (secondary N) is 4. The predicted molar refractivity (Wildman–Crippen MR) is 191 cm³/mol. The van der Waals surface area contributed by atoms with E-state index in [9.17, 15) is 18.4 Å². The Bertz CT molecular complexity index is 2000. The molecule has 2 aliphatic rings. The van der Waals surface area contributed by atoms with Gasteiger partial charge in [-0.1, -0.05) is 18.2 Å². The summed E-state index contributed by atoms with van der Waals surface area (Å²) in [5, 5.41) is 17.3. The monoisotopic (exact) mass is 679 g/mol. The fraction of sp³-hybridized carbons (Fsp3) is 0.289. The van der Waals surface area contributed by atoms with Gasteiger partial charge in [0.1, 0.15) is 11.6 Å². The van der Waals surface area contributed by atoms with Crippen LogP contribution in [0.4, 0.5) is 31.7 Å². The Morgan fingerprint density at radius 2 is 1.54 bits per heavy atom. The molecule has 0 saturated carbocycles. The van der Waals surface area contributed by atoms with Crippen molar-refractivity contribution in [3.63, 3.8) is 0 Å². The van der Waals surface area contributed by atoms with Gasteiger partial charge >= 0.3 is 0 Å². The molecule has 0 aliphatic carbocycles. The highest BCUT2D eigenvalue weighted by Gasteiger charge is 2.23. The number of piperazine rings is 1. The van der Waals surface area contributed by atoms with E-state index in [4.69, 9.17) is 4.74 Å². The van der Waals surface area contributed by atoms with E-state index in [0.717, 1.165) is 62.0 Å². The van der Waals surface area contributed by atoms with Gasteiger partial charge in [0.15, 0.2) is 5.82 Å². The summed E-state index contributed by atoms with van der Waals surface area (Å²) < 4.78 is 33.1. The first-order chi connectivity index (χ1) is 24.3. The SMILES string of the molecule is CN1CCN(c2ccc(C(=O)Nc3ccccc3C(=O)Nc3n[nH]c4ccc(Cc5cc(F)cc(F)c5)cc34)c(NC3CCOCC3)c2)CC1. The molecule has 10 nitrogen and oxygen atoms in total. The molecule has 2 saturated heterocycles. The number of H-pyrrole nitrogens is 1. The summed E-state index contributed by atoms with van der Waals surface area (Å²) in [6.07, 6.45) is 1.98. The van der Waals surface area contributed by atoms with Crippen LogP contribution < -0.4 is 20.9 Å². The summed E-state index contributed by atoms with van der Waals surface area (Å²) in [4.78, 5) is 32.2. The van der Waals surface area contributed by atoms with Crippen molar-refractivity contribution in [1.29, 1.82) is 0 Å². The number of hydrogen-bond donors (Lipinski definition) is 4. The van der Waals surface area contributed by atoms with Crippen LogP contribution in [-0.4, -0.2) is 79.4 Å². The summed E-state index contributed by atoms with van der Waals surface area (Å²) in [7, 11) is 2.12. The Morgan fingerprint density at radius 3 is 2.32 bits per heavy atom. The first-order valence-electron chi connectivity index (χ1n) is 16.8. The van der Waals surface area contributed by atoms with Crippen molar-refractivity contribution in [2.75, 3.05) is 67.3 Å². The summed E-state index contributed by atoms with van der Waals surface area (Å²) in [6.45, 7) is 5.07. The standard InChI is InChI=1S/C38H39F2N7O3/c1-46-12-14-47(15-13-46)29-7-8-31(35(23-29)41-28-10-16-50-17-11-28)37(48)42-33-5-3-2-4-30(33)38(49)43-36-32-21-24(6-9-34(32)44-45-36)18-25-19-26(39)22-27(40)20-25/h2-9,19-23,28,41H,10-18H2,1H3,(H,42,48)(H2,43,44,45,49). The summed E-state index contributed by atoms with van der Waals surface area (Å²) in [5.74, 6) is -1.79. The van der Waals surface area contributed by atoms with Crippen molar-refractivity contribution >= 4 is 45.6 Å². The minimum absolute atomic E-state index is 0.176. The van der Waals surface area contributed by atoms with Gasteiger partial charge in [-0.3, -0.25) is 14.7 Å². The molecule has 50 heavy (non-hydrogen) atoms. The molecule has 12 heteroatoms. The van der Waals surface area contributed by atoms with Gasteiger partial charge < -0.3 is 30.5 Å². The maximum Gasteiger partial charge on any atom is 0.258 e. The minimum Gasteiger partial charge on any atom is -0.381 e. The van der Waals surface area contributed by atoms with E-state index in [1.54, 1.807) is 30.3 Å². The number of amides is 2. The Kier molecular flexibility index (Phi) is 9.72. The number of rotatable bonds is 9. The Balaban J connectivity index is 1.11. The van der Waals surface area contributed by atoms with E-state index in [-0.39, 0.29) is 17.5 Å². The average Bonchev–Trinajstić information content (AvgIpc) is 3.50. The fourth-order valence-corrected chi connectivity index (χ4v) is 6.54. The van der Waals surface area contributed by atoms with Crippen LogP contribution in [0.5, 0.6) is 0 Å². The maximum atomic E-state index is 13.9. The van der Waals surface area contributed by atoms with Crippen molar-refractivity contribution in [2.45, 2.75) is 25.3 Å². The van der Waals surface area contributed by atoms with E-state index in [0.29, 0.717) is 53.2 Å². The number of likely N-dealkylation sites (N-methyl/N-ethyl adjacent to an activating group) is 1. The molecule has 2 amide bonds. The summed E-state index contributed by atoms with van der Waals surface area (Å²) in [6, 6.07) is 21.8. The largest absolute Gasteiger partial charge is 0.381 e. The van der Waals surface area contributed by atoms with E-state index in [2.05, 4.69) is 49.1 Å². The van der Waals surface area contributed by atoms with Gasteiger partial charge in [0.2, 0.25) is 0 Å². The number of carbonyl (C=O) groups is 2. The van der Waals surface area contributed by atoms with Gasteiger partial charge in [0, 0.05) is 68.3 Å². The number of benzene rings is 4. The van der Waals surface area contributed by atoms with Crippen molar-refractivity contribution < 1.29 is 23.1 Å². The number of anilines is 4. The average molecular weight is 680 g/mol. The molecule has 2 fully saturated rings. The van der Waals surface area contributed by atoms with Crippen LogP contribution in [0.2, 0.25) is 0 Å². The van der Waals surface area contributed by atoms with Gasteiger partial charge in [-0.05, 0) is 92.0 Å². The number of fused-ring (bicyclic) bond motifs is 1. The third-order valence-corrected chi connectivity index (χ3v) is 9.31. The highest BCUT2D eigenvalue weighted by molar-refractivity contribution is 6.15. The van der Waals surface area contributed by atoms with Crippen LogP contribution in [-0.2, 0) is 11.2 Å². The number of aromatic amines is 1. The lowest BCUT2D eigenvalue weighted by atomic mass is 10.0. The summed E-state index contributed by atoms with van der Waals surface area (Å²) >= 11 is 0. The lowest BCUT2D eigenvalue weighted by Gasteiger charge is -2.34. The zero-order valence-electron chi connectivity index (χ0n) is 27.8. The lowest BCUT2D eigenvalue weighted by Crippen LogP contribution is -2.44. The van der Waals surface area contributed by atoms with E-state index >= 15 is 0 Å². The third kappa shape index (κ3) is 7.61. The fourth-order valence-electron chi connectivity index (χ4n) is 6.54. The first-order valence-corrected chi connectivity index (χ1v) is 16.8. The highest BCUT2D eigenvalue weighted by Crippen LogP contribution is 2.29. The van der Waals surface area contributed by atoms with E-state index < -0.39 is 17.5 Å². The van der Waals surface area contributed by atoms with E-state index in [1.165, 1.54) is 12.1 Å². The number of nitrogens with zero attached hydrogens (tertiary/aromatic N) is 3. The van der Waals surface area contributed by atoms with Gasteiger partial charge in [-0.25, -0.2) is 8.78 Å². The van der Waals surface area contributed by atoms with Crippen LogP contribution in [0.1, 0.15) is 44.7 Å². The smallest absolute Gasteiger partial charge is 0.258 e. The predicted octanol–water partition coefficient (Wildman–Crippen LogP) is 6.28. The molecule has 0 atom stereocenters. The quantitative estimate of drug-likeness (QED) is 0.145. The highest BCUT2D eigenvalue weighted by atomic mass is 19.1. The van der Waals surface area contributed by atoms with Crippen LogP contribution in [0.25, 0.3) is 10.9 Å². The molecule has 258 valence electrons. The Hall–Kier alpha value is -5.33. The van der Waals surface area contributed by atoms with Crippen molar-refractivity contribution in [3.05, 3.63) is 113 Å². The second-order valence-electron chi connectivity index (χ2n) is 12.9. The number of carbonyl (C=O) groups excluding carboxylic acids is 2. The molecular weight excluding hydrogens is 640 g/mol. The normalized spacial score (nSPS) is 15.6. The molecule has 1 aromatic heterocycles. The number of halogens is 2. The lowest BCUT2D eigenvalue weighted by molar-refractivity contribution is 0.0904. The molecular formula is C38H39F2N7O3. The molecule has 4 N–H and O–H groups in total. The topological polar surface area (TPSA) is 115 Å². The number of ether oxygens (including phenoxy) is 1. The molecule has 5 aromatic rings. The second kappa shape index (κ2) is 14.7. The number of para-hydroxylation sites is 1. The third-order valence-electron chi connectivity index (χ3n) is 9.31. The molecule has 3 heterocycles. The Labute approximate surface area is 288 Å². The van der Waals surface area contributed by atoms with Crippen LogP contribution in [0.15, 0.2) is 78.9 Å². The molecule has 0 spiro atoms.